The molecule has 5 nitrogen and oxygen atoms in total. The number of hydrogen-bond acceptors (Lipinski definition) is 3. The standard InChI is InChI=1S/C25H34N4OS2/c26-24(31)28-21-11-8-12-23(18-21)30-16-6-4-2-1-3-5-15-27-25(32)29-22-14-13-19-9-7-10-20(19)17-22/h8,11-14,17-18H,1-7,9-10,15-16H2,(H3,26,28,31)(H2,27,29,32). The molecule has 3 rings (SSSR count). The Kier molecular flexibility index (Phi) is 10.0. The van der Waals surface area contributed by atoms with Crippen molar-refractivity contribution in [1.82, 2.24) is 5.32 Å². The normalized spacial score (nSPS) is 12.1. The minimum absolute atomic E-state index is 0.259. The van der Waals surface area contributed by atoms with E-state index in [1.807, 2.05) is 24.3 Å². The van der Waals surface area contributed by atoms with Gasteiger partial charge in [0, 0.05) is 24.0 Å². The molecule has 0 heterocycles. The topological polar surface area (TPSA) is 71.3 Å². The first-order valence-corrected chi connectivity index (χ1v) is 12.4. The van der Waals surface area contributed by atoms with Gasteiger partial charge in [0.25, 0.3) is 0 Å². The average molecular weight is 471 g/mol. The van der Waals surface area contributed by atoms with Crippen molar-refractivity contribution in [2.45, 2.75) is 57.8 Å². The summed E-state index contributed by atoms with van der Waals surface area (Å²) in [6, 6.07) is 14.3. The summed E-state index contributed by atoms with van der Waals surface area (Å²) < 4.78 is 5.82. The minimum Gasteiger partial charge on any atom is -0.494 e. The second kappa shape index (κ2) is 13.2. The van der Waals surface area contributed by atoms with Crippen LogP contribution in [0.25, 0.3) is 0 Å². The van der Waals surface area contributed by atoms with E-state index in [-0.39, 0.29) is 5.11 Å². The molecule has 0 saturated carbocycles. The van der Waals surface area contributed by atoms with Crippen molar-refractivity contribution in [3.05, 3.63) is 53.6 Å². The number of aryl methyl sites for hydroxylation is 2. The number of fused-ring (bicyclic) bond motifs is 1. The Morgan fingerprint density at radius 1 is 0.844 bits per heavy atom. The molecule has 0 bridgehead atoms. The summed E-state index contributed by atoms with van der Waals surface area (Å²) >= 11 is 10.3. The highest BCUT2D eigenvalue weighted by atomic mass is 32.1. The first-order valence-electron chi connectivity index (χ1n) is 11.6. The van der Waals surface area contributed by atoms with E-state index in [4.69, 9.17) is 34.9 Å². The Morgan fingerprint density at radius 2 is 1.59 bits per heavy atom. The Labute approximate surface area is 202 Å². The predicted molar refractivity (Wildman–Crippen MR) is 143 cm³/mol. The van der Waals surface area contributed by atoms with E-state index in [0.29, 0.717) is 5.11 Å². The van der Waals surface area contributed by atoms with Crippen LogP contribution in [0.1, 0.15) is 56.1 Å². The van der Waals surface area contributed by atoms with Gasteiger partial charge >= 0.3 is 0 Å². The number of nitrogens with one attached hydrogen (secondary N) is 3. The summed E-state index contributed by atoms with van der Waals surface area (Å²) in [6.07, 6.45) is 10.7. The predicted octanol–water partition coefficient (Wildman–Crippen LogP) is 5.54. The largest absolute Gasteiger partial charge is 0.494 e. The average Bonchev–Trinajstić information content (AvgIpc) is 3.23. The van der Waals surface area contributed by atoms with Crippen molar-refractivity contribution in [3.8, 4) is 5.75 Å². The molecule has 0 fully saturated rings. The maximum absolute atomic E-state index is 5.82. The maximum Gasteiger partial charge on any atom is 0.170 e. The summed E-state index contributed by atoms with van der Waals surface area (Å²) in [7, 11) is 0. The van der Waals surface area contributed by atoms with Crippen LogP contribution < -0.4 is 26.4 Å². The van der Waals surface area contributed by atoms with E-state index in [0.717, 1.165) is 43.1 Å². The van der Waals surface area contributed by atoms with Crippen LogP contribution in [-0.4, -0.2) is 23.4 Å². The van der Waals surface area contributed by atoms with Gasteiger partial charge in [-0.1, -0.05) is 37.8 Å². The van der Waals surface area contributed by atoms with Crippen LogP contribution in [0.3, 0.4) is 0 Å². The Morgan fingerprint density at radius 3 is 2.44 bits per heavy atom. The Bertz CT molecular complexity index is 903. The molecule has 32 heavy (non-hydrogen) atoms. The van der Waals surface area contributed by atoms with Crippen molar-refractivity contribution in [2.75, 3.05) is 23.8 Å². The molecule has 0 aliphatic heterocycles. The second-order valence-electron chi connectivity index (χ2n) is 8.20. The molecule has 5 N–H and O–H groups in total. The van der Waals surface area contributed by atoms with Crippen molar-refractivity contribution in [1.29, 1.82) is 0 Å². The fourth-order valence-electron chi connectivity index (χ4n) is 3.96. The van der Waals surface area contributed by atoms with Crippen molar-refractivity contribution in [2.24, 2.45) is 5.73 Å². The molecule has 7 heteroatoms. The van der Waals surface area contributed by atoms with Gasteiger partial charge < -0.3 is 26.4 Å². The SMILES string of the molecule is NC(=S)Nc1cccc(OCCCCCCCCNC(=S)Nc2ccc3c(c2)CCC3)c1. The van der Waals surface area contributed by atoms with Gasteiger partial charge in [-0.2, -0.15) is 0 Å². The third kappa shape index (κ3) is 8.63. The maximum atomic E-state index is 5.82. The number of nitrogens with two attached hydrogens (primary N) is 1. The molecule has 172 valence electrons. The van der Waals surface area contributed by atoms with Crippen LogP contribution >= 0.6 is 24.4 Å². The molecule has 0 spiro atoms. The second-order valence-corrected chi connectivity index (χ2v) is 9.05. The Hall–Kier alpha value is -2.38. The summed E-state index contributed by atoms with van der Waals surface area (Å²) in [5.74, 6) is 0.835. The molecule has 2 aromatic carbocycles. The molecule has 0 atom stereocenters. The van der Waals surface area contributed by atoms with Crippen LogP contribution in [0.5, 0.6) is 5.75 Å². The van der Waals surface area contributed by atoms with Gasteiger partial charge in [0.2, 0.25) is 0 Å². The van der Waals surface area contributed by atoms with Crippen LogP contribution in [0.15, 0.2) is 42.5 Å². The number of hydrogen-bond donors (Lipinski definition) is 4. The third-order valence-corrected chi connectivity index (χ3v) is 5.93. The molecule has 1 aliphatic rings. The van der Waals surface area contributed by atoms with Gasteiger partial charge in [0.1, 0.15) is 5.75 Å². The minimum atomic E-state index is 0.259. The van der Waals surface area contributed by atoms with Crippen molar-refractivity contribution in [3.63, 3.8) is 0 Å². The number of rotatable bonds is 12. The zero-order valence-electron chi connectivity index (χ0n) is 18.6. The number of thiocarbonyl (C=S) groups is 2. The van der Waals surface area contributed by atoms with E-state index >= 15 is 0 Å². The molecule has 0 aromatic heterocycles. The van der Waals surface area contributed by atoms with Gasteiger partial charge in [0.15, 0.2) is 10.2 Å². The first kappa shape index (κ1) is 24.3. The van der Waals surface area contributed by atoms with Gasteiger partial charge in [-0.05, 0) is 91.9 Å². The lowest BCUT2D eigenvalue weighted by molar-refractivity contribution is 0.304. The highest BCUT2D eigenvalue weighted by molar-refractivity contribution is 7.80. The smallest absolute Gasteiger partial charge is 0.170 e. The fraction of sp³-hybridized carbons (Fsp3) is 0.440. The third-order valence-electron chi connectivity index (χ3n) is 5.58. The van der Waals surface area contributed by atoms with Crippen LogP contribution in [0, 0.1) is 0 Å². The number of unbranched alkanes of at least 4 members (excludes halogenated alkanes) is 5. The highest BCUT2D eigenvalue weighted by Crippen LogP contribution is 2.24. The van der Waals surface area contributed by atoms with Gasteiger partial charge in [-0.3, -0.25) is 0 Å². The van der Waals surface area contributed by atoms with E-state index < -0.39 is 0 Å². The van der Waals surface area contributed by atoms with Crippen LogP contribution in [0.2, 0.25) is 0 Å². The molecule has 0 radical (unpaired) electrons. The number of ether oxygens (including phenoxy) is 1. The summed E-state index contributed by atoms with van der Waals surface area (Å²) in [5.41, 5.74) is 10.4. The van der Waals surface area contributed by atoms with E-state index in [9.17, 15) is 0 Å². The van der Waals surface area contributed by atoms with E-state index in [1.165, 1.54) is 56.1 Å². The number of anilines is 2. The Balaban J connectivity index is 1.17. The van der Waals surface area contributed by atoms with Crippen LogP contribution in [0.4, 0.5) is 11.4 Å². The van der Waals surface area contributed by atoms with E-state index in [1.54, 1.807) is 0 Å². The van der Waals surface area contributed by atoms with Gasteiger partial charge in [-0.25, -0.2) is 0 Å². The van der Waals surface area contributed by atoms with Crippen molar-refractivity contribution < 1.29 is 4.74 Å². The monoisotopic (exact) mass is 470 g/mol. The zero-order valence-corrected chi connectivity index (χ0v) is 20.3. The zero-order chi connectivity index (χ0) is 22.6. The molecular weight excluding hydrogens is 436 g/mol. The quantitative estimate of drug-likeness (QED) is 0.240. The molecule has 0 unspecified atom stereocenters. The molecule has 0 amide bonds. The summed E-state index contributed by atoms with van der Waals surface area (Å²) in [4.78, 5) is 0. The first-order chi connectivity index (χ1) is 15.6. The summed E-state index contributed by atoms with van der Waals surface area (Å²) in [6.45, 7) is 1.64. The molecule has 1 aliphatic carbocycles. The lowest BCUT2D eigenvalue weighted by Gasteiger charge is -2.12. The van der Waals surface area contributed by atoms with Crippen molar-refractivity contribution >= 4 is 46.0 Å². The summed E-state index contributed by atoms with van der Waals surface area (Å²) in [5, 5.41) is 10.5. The highest BCUT2D eigenvalue weighted by Gasteiger charge is 2.11. The number of benzene rings is 2. The van der Waals surface area contributed by atoms with E-state index in [2.05, 4.69) is 34.1 Å². The fourth-order valence-corrected chi connectivity index (χ4v) is 4.29. The molecule has 2 aromatic rings. The molecule has 0 saturated heterocycles. The lowest BCUT2D eigenvalue weighted by atomic mass is 10.1. The molecular formula is C25H34N4OS2. The lowest BCUT2D eigenvalue weighted by Crippen LogP contribution is -2.29. The van der Waals surface area contributed by atoms with Gasteiger partial charge in [0.05, 0.1) is 6.61 Å². The van der Waals surface area contributed by atoms with Crippen LogP contribution in [-0.2, 0) is 12.8 Å². The van der Waals surface area contributed by atoms with Gasteiger partial charge in [-0.15, -0.1) is 0 Å².